The average molecular weight is 325 g/mol. The van der Waals surface area contributed by atoms with Crippen molar-refractivity contribution in [1.29, 1.82) is 0 Å². The summed E-state index contributed by atoms with van der Waals surface area (Å²) in [6, 6.07) is 5.17. The lowest BCUT2D eigenvalue weighted by atomic mass is 10.3. The molecule has 3 rings (SSSR count). The molecule has 0 spiro atoms. The van der Waals surface area contributed by atoms with Gasteiger partial charge in [-0.2, -0.15) is 0 Å². The van der Waals surface area contributed by atoms with E-state index < -0.39 is 9.84 Å². The van der Waals surface area contributed by atoms with E-state index in [1.54, 1.807) is 23.8 Å². The Kier molecular flexibility index (Phi) is 3.23. The van der Waals surface area contributed by atoms with Crippen LogP contribution in [0, 0.1) is 4.77 Å². The third-order valence-electron chi connectivity index (χ3n) is 2.97. The van der Waals surface area contributed by atoms with Crippen molar-refractivity contribution >= 4 is 44.4 Å². The maximum atomic E-state index is 11.8. The molecule has 1 N–H and O–H groups in total. The molecule has 0 radical (unpaired) electrons. The molecule has 0 aliphatic carbocycles. The van der Waals surface area contributed by atoms with Gasteiger partial charge in [-0.15, -0.1) is 11.3 Å². The quantitative estimate of drug-likeness (QED) is 0.752. The van der Waals surface area contributed by atoms with Crippen LogP contribution in [-0.2, 0) is 16.4 Å². The number of nitrogens with zero attached hydrogens (tertiary/aromatic N) is 2. The third kappa shape index (κ3) is 2.30. The van der Waals surface area contributed by atoms with Gasteiger partial charge in [0.25, 0.3) is 0 Å². The molecule has 0 saturated carbocycles. The Morgan fingerprint density at radius 2 is 2.25 bits per heavy atom. The first kappa shape index (κ1) is 13.5. The summed E-state index contributed by atoms with van der Waals surface area (Å²) in [6.45, 7) is 0.580. The Labute approximate surface area is 124 Å². The molecule has 0 aliphatic heterocycles. The molecule has 0 amide bonds. The Morgan fingerprint density at radius 3 is 2.90 bits per heavy atom. The minimum atomic E-state index is -3.30. The van der Waals surface area contributed by atoms with Crippen LogP contribution in [0.2, 0.25) is 0 Å². The first-order chi connectivity index (χ1) is 9.47. The number of imidazole rings is 1. The second kappa shape index (κ2) is 4.80. The number of nitrogens with one attached hydrogen (secondary N) is 1. The predicted molar refractivity (Wildman–Crippen MR) is 81.4 cm³/mol. The normalized spacial score (nSPS) is 12.1. The number of thiazole rings is 1. The number of hydrogen-bond donors (Lipinski definition) is 1. The lowest BCUT2D eigenvalue weighted by Crippen LogP contribution is -2.00. The number of benzene rings is 1. The summed E-state index contributed by atoms with van der Waals surface area (Å²) in [5.74, 6) is 0. The summed E-state index contributed by atoms with van der Waals surface area (Å²) >= 11 is 6.84. The molecule has 0 bridgehead atoms. The van der Waals surface area contributed by atoms with Crippen molar-refractivity contribution < 1.29 is 8.42 Å². The molecule has 0 aliphatic rings. The first-order valence-corrected chi connectivity index (χ1v) is 8.94. The number of sulfone groups is 1. The fraction of sp³-hybridized carbons (Fsp3) is 0.167. The van der Waals surface area contributed by atoms with E-state index in [1.807, 2.05) is 10.6 Å². The maximum Gasteiger partial charge on any atom is 0.178 e. The van der Waals surface area contributed by atoms with Crippen LogP contribution in [0.25, 0.3) is 11.0 Å². The van der Waals surface area contributed by atoms with Gasteiger partial charge in [-0.1, -0.05) is 6.07 Å². The highest BCUT2D eigenvalue weighted by atomic mass is 32.2. The van der Waals surface area contributed by atoms with Crippen molar-refractivity contribution in [1.82, 2.24) is 14.5 Å². The number of hydrogen-bond acceptors (Lipinski definition) is 5. The van der Waals surface area contributed by atoms with Crippen LogP contribution in [0.3, 0.4) is 0 Å². The monoisotopic (exact) mass is 325 g/mol. The highest BCUT2D eigenvalue weighted by molar-refractivity contribution is 7.91. The molecule has 0 fully saturated rings. The van der Waals surface area contributed by atoms with Gasteiger partial charge in [0.05, 0.1) is 28.0 Å². The van der Waals surface area contributed by atoms with E-state index in [0.717, 1.165) is 10.4 Å². The van der Waals surface area contributed by atoms with Gasteiger partial charge in [0.15, 0.2) is 14.6 Å². The highest BCUT2D eigenvalue weighted by Gasteiger charge is 2.15. The van der Waals surface area contributed by atoms with Gasteiger partial charge in [-0.25, -0.2) is 8.42 Å². The third-order valence-corrected chi connectivity index (χ3v) is 5.19. The Hall–Kier alpha value is -1.51. The maximum absolute atomic E-state index is 11.8. The minimum absolute atomic E-state index is 0.268. The zero-order chi connectivity index (χ0) is 14.3. The number of fused-ring (bicyclic) bond motifs is 1. The van der Waals surface area contributed by atoms with Crippen molar-refractivity contribution in [2.75, 3.05) is 6.26 Å². The Bertz CT molecular complexity index is 921. The van der Waals surface area contributed by atoms with E-state index >= 15 is 0 Å². The smallest absolute Gasteiger partial charge is 0.178 e. The summed E-state index contributed by atoms with van der Waals surface area (Å²) in [5.41, 5.74) is 3.10. The van der Waals surface area contributed by atoms with E-state index in [0.29, 0.717) is 16.8 Å². The van der Waals surface area contributed by atoms with Crippen LogP contribution in [0.1, 0.15) is 4.88 Å². The van der Waals surface area contributed by atoms with E-state index in [4.69, 9.17) is 12.2 Å². The summed E-state index contributed by atoms with van der Waals surface area (Å²) in [5, 5.41) is 0. The van der Waals surface area contributed by atoms with Gasteiger partial charge in [0, 0.05) is 17.3 Å². The fourth-order valence-electron chi connectivity index (χ4n) is 2.10. The molecule has 1 aromatic carbocycles. The van der Waals surface area contributed by atoms with Crippen molar-refractivity contribution in [3.05, 3.63) is 39.6 Å². The first-order valence-electron chi connectivity index (χ1n) is 5.76. The molecular weight excluding hydrogens is 314 g/mol. The van der Waals surface area contributed by atoms with Crippen LogP contribution in [0.15, 0.2) is 34.8 Å². The second-order valence-corrected chi connectivity index (χ2v) is 7.75. The molecule has 0 saturated heterocycles. The summed E-state index contributed by atoms with van der Waals surface area (Å²) in [7, 11) is -3.30. The molecule has 104 valence electrons. The molecule has 5 nitrogen and oxygen atoms in total. The summed E-state index contributed by atoms with van der Waals surface area (Å²) in [4.78, 5) is 8.36. The Morgan fingerprint density at radius 1 is 1.45 bits per heavy atom. The van der Waals surface area contributed by atoms with Crippen molar-refractivity contribution in [2.45, 2.75) is 11.4 Å². The summed E-state index contributed by atoms with van der Waals surface area (Å²) in [6.07, 6.45) is 2.98. The minimum Gasteiger partial charge on any atom is -0.329 e. The van der Waals surface area contributed by atoms with Crippen molar-refractivity contribution in [3.63, 3.8) is 0 Å². The van der Waals surface area contributed by atoms with E-state index in [1.165, 1.54) is 17.6 Å². The average Bonchev–Trinajstić information content (AvgIpc) is 2.97. The molecule has 20 heavy (non-hydrogen) atoms. The molecule has 2 heterocycles. The van der Waals surface area contributed by atoms with Crippen LogP contribution in [0.4, 0.5) is 0 Å². The van der Waals surface area contributed by atoms with E-state index in [2.05, 4.69) is 9.97 Å². The van der Waals surface area contributed by atoms with Gasteiger partial charge >= 0.3 is 0 Å². The van der Waals surface area contributed by atoms with Gasteiger partial charge in [0.1, 0.15) is 0 Å². The zero-order valence-corrected chi connectivity index (χ0v) is 13.0. The van der Waals surface area contributed by atoms with E-state index in [9.17, 15) is 8.42 Å². The molecule has 0 unspecified atom stereocenters. The topological polar surface area (TPSA) is 67.8 Å². The van der Waals surface area contributed by atoms with E-state index in [-0.39, 0.29) is 4.90 Å². The SMILES string of the molecule is CS(=O)(=O)c1cccc2c1[nH]c(=S)n2Cc1cncs1. The summed E-state index contributed by atoms with van der Waals surface area (Å²) < 4.78 is 26.0. The zero-order valence-electron chi connectivity index (χ0n) is 10.5. The van der Waals surface area contributed by atoms with Gasteiger partial charge in [-0.3, -0.25) is 4.98 Å². The number of para-hydroxylation sites is 1. The van der Waals surface area contributed by atoms with Crippen LogP contribution >= 0.6 is 23.6 Å². The Balaban J connectivity index is 2.25. The van der Waals surface area contributed by atoms with Gasteiger partial charge < -0.3 is 9.55 Å². The standard InChI is InChI=1S/C12H11N3O2S3/c1-20(16,17)10-4-2-3-9-11(10)14-12(18)15(9)6-8-5-13-7-19-8/h2-5,7H,6H2,1H3,(H,14,18). The molecule has 3 aromatic rings. The van der Waals surface area contributed by atoms with Crippen molar-refractivity contribution in [2.24, 2.45) is 0 Å². The lowest BCUT2D eigenvalue weighted by molar-refractivity contribution is 0.602. The molecule has 8 heteroatoms. The number of aromatic nitrogens is 3. The van der Waals surface area contributed by atoms with Crippen LogP contribution in [-0.4, -0.2) is 29.2 Å². The fourth-order valence-corrected chi connectivity index (χ4v) is 3.80. The van der Waals surface area contributed by atoms with Gasteiger partial charge in [0.2, 0.25) is 0 Å². The van der Waals surface area contributed by atoms with Crippen molar-refractivity contribution in [3.8, 4) is 0 Å². The predicted octanol–water partition coefficient (Wildman–Crippen LogP) is 2.61. The molecule has 2 aromatic heterocycles. The molecular formula is C12H11N3O2S3. The second-order valence-electron chi connectivity index (χ2n) is 4.41. The number of rotatable bonds is 3. The van der Waals surface area contributed by atoms with Crippen LogP contribution in [0.5, 0.6) is 0 Å². The molecule has 0 atom stereocenters. The van der Waals surface area contributed by atoms with Crippen LogP contribution < -0.4 is 0 Å². The van der Waals surface area contributed by atoms with Gasteiger partial charge in [-0.05, 0) is 24.4 Å². The number of aromatic amines is 1. The lowest BCUT2D eigenvalue weighted by Gasteiger charge is -2.03. The largest absolute Gasteiger partial charge is 0.329 e. The highest BCUT2D eigenvalue weighted by Crippen LogP contribution is 2.23. The number of H-pyrrole nitrogens is 1.